The molecule has 5 heterocycles. The van der Waals surface area contributed by atoms with Crippen molar-refractivity contribution in [3.05, 3.63) is 121 Å². The molecule has 0 radical (unpaired) electrons. The highest BCUT2D eigenvalue weighted by atomic mass is 32.1. The molecule has 0 bridgehead atoms. The van der Waals surface area contributed by atoms with Crippen molar-refractivity contribution in [1.29, 1.82) is 0 Å². The standard InChI is InChI=1S/C44H28O5S2/c1-3-11-25(12-4-1)41-37-39(47-21-19-45-37)43(50-41)31-23-33-35(29-17-9-7-15-27(29)31)36-30-18-10-8-16-28(30)32(24-34(36)49-33)44-40-38(46-20-22-48-40)42(51-44)26-13-5-2-6-14-26/h1-18,23-24H,19-22H2. The molecule has 246 valence electrons. The van der Waals surface area contributed by atoms with E-state index in [0.29, 0.717) is 26.4 Å². The molecule has 0 fully saturated rings. The minimum Gasteiger partial charge on any atom is -0.485 e. The normalized spacial score (nSPS) is 13.8. The maximum absolute atomic E-state index is 6.93. The first-order chi connectivity index (χ1) is 25.3. The fourth-order valence-corrected chi connectivity index (χ4v) is 10.1. The molecule has 0 N–H and O–H groups in total. The summed E-state index contributed by atoms with van der Waals surface area (Å²) in [6.45, 7) is 2.08. The van der Waals surface area contributed by atoms with Crippen molar-refractivity contribution < 1.29 is 23.4 Å². The number of fused-ring (bicyclic) bond motifs is 9. The molecule has 3 aromatic heterocycles. The highest BCUT2D eigenvalue weighted by Gasteiger charge is 2.30. The summed E-state index contributed by atoms with van der Waals surface area (Å²) in [6.07, 6.45) is 0. The molecule has 6 aromatic carbocycles. The van der Waals surface area contributed by atoms with Crippen molar-refractivity contribution in [2.45, 2.75) is 0 Å². The average Bonchev–Trinajstić information content (AvgIpc) is 3.90. The molecule has 0 amide bonds. The Balaban J connectivity index is 1.18. The van der Waals surface area contributed by atoms with Crippen LogP contribution < -0.4 is 18.9 Å². The second-order valence-electron chi connectivity index (χ2n) is 12.8. The molecule has 0 unspecified atom stereocenters. The van der Waals surface area contributed by atoms with E-state index in [1.807, 2.05) is 12.1 Å². The maximum atomic E-state index is 6.93. The lowest BCUT2D eigenvalue weighted by Gasteiger charge is -2.18. The highest BCUT2D eigenvalue weighted by molar-refractivity contribution is 7.20. The van der Waals surface area contributed by atoms with Crippen LogP contribution in [0.1, 0.15) is 0 Å². The summed E-state index contributed by atoms with van der Waals surface area (Å²) in [5, 5.41) is 6.77. The number of hydrogen-bond donors (Lipinski definition) is 0. The molecule has 2 aliphatic rings. The van der Waals surface area contributed by atoms with Crippen LogP contribution >= 0.6 is 22.7 Å². The first-order valence-electron chi connectivity index (χ1n) is 17.1. The van der Waals surface area contributed by atoms with Gasteiger partial charge in [-0.15, -0.1) is 22.7 Å². The smallest absolute Gasteiger partial charge is 0.180 e. The van der Waals surface area contributed by atoms with E-state index in [9.17, 15) is 0 Å². The van der Waals surface area contributed by atoms with Gasteiger partial charge in [0.05, 0.1) is 19.5 Å². The third-order valence-electron chi connectivity index (χ3n) is 9.85. The lowest BCUT2D eigenvalue weighted by Crippen LogP contribution is -2.14. The molecule has 5 nitrogen and oxygen atoms in total. The Labute approximate surface area is 300 Å². The fourth-order valence-electron chi connectivity index (χ4n) is 7.69. The van der Waals surface area contributed by atoms with Crippen LogP contribution in [0.25, 0.3) is 85.2 Å². The van der Waals surface area contributed by atoms with Crippen LogP contribution in [0, 0.1) is 0 Å². The fraction of sp³-hybridized carbons (Fsp3) is 0.0909. The van der Waals surface area contributed by atoms with Gasteiger partial charge >= 0.3 is 0 Å². The first kappa shape index (κ1) is 29.0. The highest BCUT2D eigenvalue weighted by Crippen LogP contribution is 2.57. The zero-order valence-corrected chi connectivity index (χ0v) is 28.9. The van der Waals surface area contributed by atoms with Gasteiger partial charge < -0.3 is 23.4 Å². The van der Waals surface area contributed by atoms with E-state index < -0.39 is 0 Å². The minimum absolute atomic E-state index is 0.512. The van der Waals surface area contributed by atoms with Gasteiger partial charge in [-0.2, -0.15) is 0 Å². The molecule has 0 saturated heterocycles. The Kier molecular flexibility index (Phi) is 6.48. The Morgan fingerprint density at radius 3 is 1.14 bits per heavy atom. The molecule has 0 aliphatic carbocycles. The van der Waals surface area contributed by atoms with Crippen molar-refractivity contribution in [2.24, 2.45) is 0 Å². The van der Waals surface area contributed by atoms with E-state index in [1.165, 1.54) is 0 Å². The summed E-state index contributed by atoms with van der Waals surface area (Å²) in [6, 6.07) is 42.5. The van der Waals surface area contributed by atoms with E-state index in [0.717, 1.165) is 108 Å². The van der Waals surface area contributed by atoms with Crippen LogP contribution in [0.2, 0.25) is 0 Å². The number of rotatable bonds is 4. The van der Waals surface area contributed by atoms with Gasteiger partial charge in [0, 0.05) is 21.9 Å². The van der Waals surface area contributed by atoms with Crippen molar-refractivity contribution >= 4 is 66.2 Å². The Morgan fingerprint density at radius 2 is 0.725 bits per heavy atom. The lowest BCUT2D eigenvalue weighted by atomic mass is 9.94. The summed E-state index contributed by atoms with van der Waals surface area (Å²) >= 11 is 3.42. The zero-order valence-electron chi connectivity index (χ0n) is 27.2. The van der Waals surface area contributed by atoms with E-state index in [2.05, 4.69) is 109 Å². The van der Waals surface area contributed by atoms with Gasteiger partial charge in [0.25, 0.3) is 0 Å². The van der Waals surface area contributed by atoms with Gasteiger partial charge in [-0.05, 0) is 44.8 Å². The Bertz CT molecular complexity index is 2620. The summed E-state index contributed by atoms with van der Waals surface area (Å²) in [5.74, 6) is 3.24. The molecule has 7 heteroatoms. The van der Waals surface area contributed by atoms with Crippen LogP contribution in [0.3, 0.4) is 0 Å². The third-order valence-corrected chi connectivity index (χ3v) is 12.3. The van der Waals surface area contributed by atoms with Gasteiger partial charge in [0.15, 0.2) is 23.0 Å². The predicted octanol–water partition coefficient (Wildman–Crippen LogP) is 12.2. The second kappa shape index (κ2) is 11.4. The maximum Gasteiger partial charge on any atom is 0.180 e. The third kappa shape index (κ3) is 4.38. The van der Waals surface area contributed by atoms with E-state index >= 15 is 0 Å². The Hall–Kier alpha value is -5.76. The van der Waals surface area contributed by atoms with Crippen LogP contribution in [0.5, 0.6) is 23.0 Å². The minimum atomic E-state index is 0.512. The number of furan rings is 1. The van der Waals surface area contributed by atoms with Gasteiger partial charge in [-0.25, -0.2) is 0 Å². The average molecular weight is 701 g/mol. The largest absolute Gasteiger partial charge is 0.485 e. The number of hydrogen-bond acceptors (Lipinski definition) is 7. The molecule has 0 saturated carbocycles. The van der Waals surface area contributed by atoms with E-state index in [-0.39, 0.29) is 0 Å². The SMILES string of the molecule is c1ccc(-c2sc(-c3cc4oc5cc(-c6sc(-c7ccccc7)c7c6OCCO7)c6ccccc6c5c4c4ccccc34)c3c2OCCO3)cc1. The quantitative estimate of drug-likeness (QED) is 0.183. The molecular formula is C44H28O5S2. The van der Waals surface area contributed by atoms with Crippen LogP contribution in [0.15, 0.2) is 126 Å². The Morgan fingerprint density at radius 1 is 0.373 bits per heavy atom. The summed E-state index contributed by atoms with van der Waals surface area (Å²) in [4.78, 5) is 4.24. The molecule has 9 aromatic rings. The lowest BCUT2D eigenvalue weighted by molar-refractivity contribution is 0.175. The number of thiophene rings is 2. The van der Waals surface area contributed by atoms with E-state index in [4.69, 9.17) is 23.4 Å². The van der Waals surface area contributed by atoms with Crippen LogP contribution in [0.4, 0.5) is 0 Å². The van der Waals surface area contributed by atoms with Gasteiger partial charge in [0.2, 0.25) is 0 Å². The van der Waals surface area contributed by atoms with Gasteiger partial charge in [-0.1, -0.05) is 109 Å². The number of ether oxygens (including phenoxy) is 4. The van der Waals surface area contributed by atoms with Crippen molar-refractivity contribution in [3.8, 4) is 64.8 Å². The van der Waals surface area contributed by atoms with Crippen molar-refractivity contribution in [1.82, 2.24) is 0 Å². The molecule has 0 atom stereocenters. The van der Waals surface area contributed by atoms with Gasteiger partial charge in [0.1, 0.15) is 37.6 Å². The molecule has 0 spiro atoms. The summed E-state index contributed by atoms with van der Waals surface area (Å²) in [5.41, 5.74) is 6.04. The van der Waals surface area contributed by atoms with E-state index in [1.54, 1.807) is 22.7 Å². The number of benzene rings is 6. The zero-order chi connectivity index (χ0) is 33.5. The van der Waals surface area contributed by atoms with Crippen molar-refractivity contribution in [3.63, 3.8) is 0 Å². The summed E-state index contributed by atoms with van der Waals surface area (Å²) < 4.78 is 32.2. The van der Waals surface area contributed by atoms with Crippen molar-refractivity contribution in [2.75, 3.05) is 26.4 Å². The van der Waals surface area contributed by atoms with Crippen LogP contribution in [-0.4, -0.2) is 26.4 Å². The predicted molar refractivity (Wildman–Crippen MR) is 208 cm³/mol. The molecule has 11 rings (SSSR count). The molecule has 51 heavy (non-hydrogen) atoms. The monoisotopic (exact) mass is 700 g/mol. The van der Waals surface area contributed by atoms with Gasteiger partial charge in [-0.3, -0.25) is 0 Å². The second-order valence-corrected chi connectivity index (χ2v) is 14.8. The topological polar surface area (TPSA) is 50.1 Å². The first-order valence-corrected chi connectivity index (χ1v) is 18.7. The molecule has 2 aliphatic heterocycles. The molecular weight excluding hydrogens is 673 g/mol. The van der Waals surface area contributed by atoms with Crippen LogP contribution in [-0.2, 0) is 0 Å². The summed E-state index contributed by atoms with van der Waals surface area (Å²) in [7, 11) is 0.